The maximum Gasteiger partial charge on any atom is 0.278 e. The molecular formula is C14H20N4O4. The van der Waals surface area contributed by atoms with Gasteiger partial charge in [0.05, 0.1) is 18.8 Å². The first-order chi connectivity index (χ1) is 10.5. The molecule has 1 fully saturated rings. The SMILES string of the molecule is CCC(C)CC1O[C@@H](n2cnc3c(=O)[nH]cnc32)[C@H](O)C1O. The van der Waals surface area contributed by atoms with Crippen molar-refractivity contribution in [3.05, 3.63) is 23.0 Å². The zero-order valence-electron chi connectivity index (χ0n) is 12.5. The Morgan fingerprint density at radius 2 is 2.18 bits per heavy atom. The van der Waals surface area contributed by atoms with Crippen LogP contribution in [0.3, 0.4) is 0 Å². The summed E-state index contributed by atoms with van der Waals surface area (Å²) in [4.78, 5) is 22.2. The number of nitrogens with zero attached hydrogens (tertiary/aromatic N) is 3. The van der Waals surface area contributed by atoms with Crippen molar-refractivity contribution in [2.24, 2.45) is 5.92 Å². The van der Waals surface area contributed by atoms with Crippen molar-refractivity contribution in [3.8, 4) is 0 Å². The van der Waals surface area contributed by atoms with Gasteiger partial charge in [0.2, 0.25) is 0 Å². The van der Waals surface area contributed by atoms with Crippen molar-refractivity contribution in [1.29, 1.82) is 0 Å². The molecule has 1 saturated heterocycles. The lowest BCUT2D eigenvalue weighted by atomic mass is 9.97. The summed E-state index contributed by atoms with van der Waals surface area (Å²) in [6.07, 6.45) is 0.990. The molecule has 0 bridgehead atoms. The zero-order chi connectivity index (χ0) is 15.9. The van der Waals surface area contributed by atoms with Crippen LogP contribution in [0.5, 0.6) is 0 Å². The normalized spacial score (nSPS) is 30.0. The van der Waals surface area contributed by atoms with E-state index >= 15 is 0 Å². The Balaban J connectivity index is 1.91. The summed E-state index contributed by atoms with van der Waals surface area (Å²) in [5.74, 6) is 0.381. The average Bonchev–Trinajstić information content (AvgIpc) is 3.05. The number of rotatable bonds is 4. The molecule has 2 aromatic heterocycles. The molecule has 22 heavy (non-hydrogen) atoms. The molecule has 8 nitrogen and oxygen atoms in total. The Hall–Kier alpha value is -1.77. The molecule has 3 N–H and O–H groups in total. The Labute approximate surface area is 126 Å². The highest BCUT2D eigenvalue weighted by molar-refractivity contribution is 5.68. The number of nitrogens with one attached hydrogen (secondary N) is 1. The molecule has 0 aromatic carbocycles. The summed E-state index contributed by atoms with van der Waals surface area (Å²) in [6.45, 7) is 4.14. The Kier molecular flexibility index (Phi) is 3.98. The number of fused-ring (bicyclic) bond motifs is 1. The first kappa shape index (κ1) is 15.1. The summed E-state index contributed by atoms with van der Waals surface area (Å²) < 4.78 is 7.32. The fourth-order valence-electron chi connectivity index (χ4n) is 2.77. The van der Waals surface area contributed by atoms with Crippen LogP contribution < -0.4 is 5.56 Å². The number of hydrogen-bond donors (Lipinski definition) is 3. The number of H-pyrrole nitrogens is 1. The number of aromatic nitrogens is 4. The van der Waals surface area contributed by atoms with Crippen molar-refractivity contribution in [1.82, 2.24) is 19.5 Å². The zero-order valence-corrected chi connectivity index (χ0v) is 12.5. The highest BCUT2D eigenvalue weighted by Crippen LogP contribution is 2.34. The van der Waals surface area contributed by atoms with Gasteiger partial charge in [-0.1, -0.05) is 20.3 Å². The number of aliphatic hydroxyl groups is 2. The van der Waals surface area contributed by atoms with Gasteiger partial charge in [0.15, 0.2) is 17.4 Å². The Morgan fingerprint density at radius 1 is 1.41 bits per heavy atom. The molecule has 8 heteroatoms. The summed E-state index contributed by atoms with van der Waals surface area (Å²) in [6, 6.07) is 0. The van der Waals surface area contributed by atoms with Gasteiger partial charge in [-0.3, -0.25) is 9.36 Å². The molecule has 3 rings (SSSR count). The van der Waals surface area contributed by atoms with Crippen LogP contribution in [-0.4, -0.2) is 48.0 Å². The van der Waals surface area contributed by atoms with Crippen LogP contribution in [0.4, 0.5) is 0 Å². The molecule has 3 unspecified atom stereocenters. The molecule has 0 aliphatic carbocycles. The summed E-state index contributed by atoms with van der Waals surface area (Å²) >= 11 is 0. The van der Waals surface area contributed by atoms with Crippen molar-refractivity contribution >= 4 is 11.2 Å². The summed E-state index contributed by atoms with van der Waals surface area (Å²) in [7, 11) is 0. The lowest BCUT2D eigenvalue weighted by Crippen LogP contribution is -2.32. The smallest absolute Gasteiger partial charge is 0.278 e. The van der Waals surface area contributed by atoms with Gasteiger partial charge in [-0.05, 0) is 12.3 Å². The third kappa shape index (κ3) is 2.43. The third-order valence-corrected chi connectivity index (χ3v) is 4.31. The van der Waals surface area contributed by atoms with Gasteiger partial charge in [0, 0.05) is 0 Å². The minimum absolute atomic E-state index is 0.179. The van der Waals surface area contributed by atoms with E-state index in [-0.39, 0.29) is 11.1 Å². The fourth-order valence-corrected chi connectivity index (χ4v) is 2.77. The van der Waals surface area contributed by atoms with E-state index in [2.05, 4.69) is 28.8 Å². The van der Waals surface area contributed by atoms with Crippen molar-refractivity contribution in [2.45, 2.75) is 51.2 Å². The van der Waals surface area contributed by atoms with Crippen LogP contribution in [0.1, 0.15) is 32.9 Å². The van der Waals surface area contributed by atoms with Crippen LogP contribution in [0.15, 0.2) is 17.4 Å². The molecule has 0 saturated carbocycles. The molecule has 0 spiro atoms. The Morgan fingerprint density at radius 3 is 2.91 bits per heavy atom. The second kappa shape index (κ2) is 5.79. The van der Waals surface area contributed by atoms with E-state index in [4.69, 9.17) is 4.74 Å². The van der Waals surface area contributed by atoms with E-state index in [0.717, 1.165) is 6.42 Å². The van der Waals surface area contributed by atoms with Gasteiger partial charge in [0.1, 0.15) is 12.2 Å². The lowest BCUT2D eigenvalue weighted by molar-refractivity contribution is -0.0408. The van der Waals surface area contributed by atoms with Gasteiger partial charge in [0.25, 0.3) is 5.56 Å². The number of imidazole rings is 1. The van der Waals surface area contributed by atoms with Crippen LogP contribution >= 0.6 is 0 Å². The molecule has 0 amide bonds. The van der Waals surface area contributed by atoms with Crippen LogP contribution in [-0.2, 0) is 4.74 Å². The summed E-state index contributed by atoms with van der Waals surface area (Å²) in [5, 5.41) is 20.5. The topological polar surface area (TPSA) is 113 Å². The van der Waals surface area contributed by atoms with E-state index in [1.807, 2.05) is 0 Å². The molecule has 2 aromatic rings. The number of ether oxygens (including phenoxy) is 1. The van der Waals surface area contributed by atoms with Crippen molar-refractivity contribution < 1.29 is 14.9 Å². The van der Waals surface area contributed by atoms with Gasteiger partial charge in [-0.2, -0.15) is 0 Å². The maximum absolute atomic E-state index is 11.7. The van der Waals surface area contributed by atoms with E-state index in [1.54, 1.807) is 0 Å². The highest BCUT2D eigenvalue weighted by Gasteiger charge is 2.44. The first-order valence-corrected chi connectivity index (χ1v) is 7.44. The van der Waals surface area contributed by atoms with E-state index in [0.29, 0.717) is 18.0 Å². The maximum atomic E-state index is 11.7. The van der Waals surface area contributed by atoms with E-state index in [1.165, 1.54) is 17.2 Å². The van der Waals surface area contributed by atoms with E-state index in [9.17, 15) is 15.0 Å². The average molecular weight is 308 g/mol. The van der Waals surface area contributed by atoms with Gasteiger partial charge >= 0.3 is 0 Å². The number of aromatic amines is 1. The van der Waals surface area contributed by atoms with Gasteiger partial charge in [-0.25, -0.2) is 9.97 Å². The second-order valence-electron chi connectivity index (χ2n) is 5.85. The van der Waals surface area contributed by atoms with Crippen molar-refractivity contribution in [2.75, 3.05) is 0 Å². The highest BCUT2D eigenvalue weighted by atomic mass is 16.6. The Bertz CT molecular complexity index is 712. The second-order valence-corrected chi connectivity index (χ2v) is 5.85. The first-order valence-electron chi connectivity index (χ1n) is 7.44. The predicted molar refractivity (Wildman–Crippen MR) is 78.1 cm³/mol. The summed E-state index contributed by atoms with van der Waals surface area (Å²) in [5.41, 5.74) is 0.148. The van der Waals surface area contributed by atoms with Crippen LogP contribution in [0.25, 0.3) is 11.2 Å². The standard InChI is InChI=1S/C14H20N4O4/c1-3-7(2)4-8-10(19)11(20)14(22-8)18-6-17-9-12(18)15-5-16-13(9)21/h5-8,10-11,14,19-20H,3-4H2,1-2H3,(H,15,16,21)/t7?,8?,10?,11-,14-/m1/s1. The molecule has 1 aliphatic rings. The molecular weight excluding hydrogens is 288 g/mol. The molecule has 120 valence electrons. The van der Waals surface area contributed by atoms with Gasteiger partial charge < -0.3 is 19.9 Å². The third-order valence-electron chi connectivity index (χ3n) is 4.31. The van der Waals surface area contributed by atoms with Crippen LogP contribution in [0.2, 0.25) is 0 Å². The largest absolute Gasteiger partial charge is 0.388 e. The fraction of sp³-hybridized carbons (Fsp3) is 0.643. The number of hydrogen-bond acceptors (Lipinski definition) is 6. The molecule has 1 aliphatic heterocycles. The molecule has 5 atom stereocenters. The van der Waals surface area contributed by atoms with Gasteiger partial charge in [-0.15, -0.1) is 0 Å². The number of aliphatic hydroxyl groups excluding tert-OH is 2. The van der Waals surface area contributed by atoms with Crippen molar-refractivity contribution in [3.63, 3.8) is 0 Å². The molecule has 0 radical (unpaired) electrons. The molecule has 3 heterocycles. The van der Waals surface area contributed by atoms with Crippen LogP contribution in [0, 0.1) is 5.92 Å². The monoisotopic (exact) mass is 308 g/mol. The predicted octanol–water partition coefficient (Wildman–Crippen LogP) is 0.175. The lowest BCUT2D eigenvalue weighted by Gasteiger charge is -2.18. The quantitative estimate of drug-likeness (QED) is 0.742. The minimum atomic E-state index is -1.09. The van der Waals surface area contributed by atoms with E-state index < -0.39 is 24.5 Å². The minimum Gasteiger partial charge on any atom is -0.388 e.